The quantitative estimate of drug-likeness (QED) is 0.414. The van der Waals surface area contributed by atoms with Crippen molar-refractivity contribution >= 4 is 23.2 Å². The molecule has 1 aliphatic heterocycles. The van der Waals surface area contributed by atoms with Crippen LogP contribution in [0.1, 0.15) is 35.8 Å². The molecule has 156 valence electrons. The zero-order valence-electron chi connectivity index (χ0n) is 17.1. The van der Waals surface area contributed by atoms with Gasteiger partial charge in [0.15, 0.2) is 0 Å². The summed E-state index contributed by atoms with van der Waals surface area (Å²) in [7, 11) is 1.70. The van der Waals surface area contributed by atoms with Gasteiger partial charge in [0.2, 0.25) is 0 Å². The molecule has 4 rings (SSSR count). The Balaban J connectivity index is 1.47. The molecule has 5 heteroatoms. The Morgan fingerprint density at radius 2 is 1.63 bits per heavy atom. The van der Waals surface area contributed by atoms with Crippen molar-refractivity contribution in [2.45, 2.75) is 25.2 Å². The van der Waals surface area contributed by atoms with Crippen molar-refractivity contribution in [1.82, 2.24) is 4.90 Å². The zero-order chi connectivity index (χ0) is 21.1. The number of methoxy groups -OCH3 is 1. The largest absolute Gasteiger partial charge is 0.497 e. The SMILES string of the molecule is COc1cccc([C@@H](C)N2CC(OC(c3ccc(Cl)cc3)c3ccccc3Cl)C2)c1. The van der Waals surface area contributed by atoms with Crippen LogP contribution in [0.25, 0.3) is 0 Å². The average molecular weight is 442 g/mol. The van der Waals surface area contributed by atoms with Gasteiger partial charge in [0.25, 0.3) is 0 Å². The number of rotatable bonds is 7. The van der Waals surface area contributed by atoms with Crippen LogP contribution in [-0.4, -0.2) is 31.2 Å². The number of hydrogen-bond acceptors (Lipinski definition) is 3. The maximum absolute atomic E-state index is 6.55. The van der Waals surface area contributed by atoms with Crippen LogP contribution >= 0.6 is 23.2 Å². The monoisotopic (exact) mass is 441 g/mol. The summed E-state index contributed by atoms with van der Waals surface area (Å²) in [6.45, 7) is 3.95. The van der Waals surface area contributed by atoms with Gasteiger partial charge in [-0.3, -0.25) is 4.90 Å². The highest BCUT2D eigenvalue weighted by Crippen LogP contribution is 2.36. The van der Waals surface area contributed by atoms with Gasteiger partial charge in [-0.2, -0.15) is 0 Å². The fourth-order valence-corrected chi connectivity index (χ4v) is 4.19. The first-order valence-corrected chi connectivity index (χ1v) is 10.8. The van der Waals surface area contributed by atoms with E-state index in [1.807, 2.05) is 60.7 Å². The van der Waals surface area contributed by atoms with Crippen molar-refractivity contribution < 1.29 is 9.47 Å². The second-order valence-electron chi connectivity index (χ2n) is 7.62. The van der Waals surface area contributed by atoms with Gasteiger partial charge in [-0.15, -0.1) is 0 Å². The van der Waals surface area contributed by atoms with Crippen LogP contribution in [0.4, 0.5) is 0 Å². The summed E-state index contributed by atoms with van der Waals surface area (Å²) in [5.41, 5.74) is 3.26. The lowest BCUT2D eigenvalue weighted by Crippen LogP contribution is -2.53. The molecule has 1 fully saturated rings. The molecule has 0 amide bonds. The molecule has 2 atom stereocenters. The highest BCUT2D eigenvalue weighted by molar-refractivity contribution is 6.31. The molecule has 0 bridgehead atoms. The van der Waals surface area contributed by atoms with Crippen LogP contribution in [-0.2, 0) is 4.74 Å². The molecule has 0 radical (unpaired) electrons. The first-order valence-electron chi connectivity index (χ1n) is 10.1. The number of ether oxygens (including phenoxy) is 2. The first-order chi connectivity index (χ1) is 14.5. The summed E-state index contributed by atoms with van der Waals surface area (Å²) >= 11 is 12.6. The summed E-state index contributed by atoms with van der Waals surface area (Å²) < 4.78 is 11.9. The fraction of sp³-hybridized carbons (Fsp3) is 0.280. The molecule has 3 nitrogen and oxygen atoms in total. The minimum absolute atomic E-state index is 0.134. The molecule has 0 saturated carbocycles. The lowest BCUT2D eigenvalue weighted by atomic mass is 9.99. The van der Waals surface area contributed by atoms with Crippen molar-refractivity contribution in [2.75, 3.05) is 20.2 Å². The van der Waals surface area contributed by atoms with Crippen molar-refractivity contribution in [3.63, 3.8) is 0 Å². The van der Waals surface area contributed by atoms with E-state index in [4.69, 9.17) is 32.7 Å². The van der Waals surface area contributed by atoms with E-state index in [0.717, 1.165) is 30.0 Å². The van der Waals surface area contributed by atoms with Crippen LogP contribution in [0, 0.1) is 0 Å². The molecule has 30 heavy (non-hydrogen) atoms. The van der Waals surface area contributed by atoms with E-state index in [0.29, 0.717) is 16.1 Å². The normalized spacial score (nSPS) is 16.7. The Kier molecular flexibility index (Phi) is 6.64. The molecule has 0 aliphatic carbocycles. The molecule has 3 aromatic rings. The van der Waals surface area contributed by atoms with Gasteiger partial charge < -0.3 is 9.47 Å². The Hall–Kier alpha value is -2.04. The van der Waals surface area contributed by atoms with E-state index < -0.39 is 0 Å². The molecule has 1 aliphatic rings. The van der Waals surface area contributed by atoms with E-state index >= 15 is 0 Å². The molecular weight excluding hydrogens is 417 g/mol. The van der Waals surface area contributed by atoms with E-state index in [1.54, 1.807) is 7.11 Å². The summed E-state index contributed by atoms with van der Waals surface area (Å²) in [5, 5.41) is 1.41. The van der Waals surface area contributed by atoms with Crippen molar-refractivity contribution in [3.05, 3.63) is 99.5 Å². The van der Waals surface area contributed by atoms with E-state index in [1.165, 1.54) is 5.56 Å². The standard InChI is InChI=1S/C25H25Cl2NO2/c1-17(19-6-5-7-21(14-19)29-2)28-15-22(16-28)30-25(18-10-12-20(26)13-11-18)23-8-3-4-9-24(23)27/h3-14,17,22,25H,15-16H2,1-2H3/t17-,25?/m1/s1. The summed E-state index contributed by atoms with van der Waals surface area (Å²) in [4.78, 5) is 2.41. The van der Waals surface area contributed by atoms with Crippen molar-refractivity contribution in [3.8, 4) is 5.75 Å². The zero-order valence-corrected chi connectivity index (χ0v) is 18.6. The summed E-state index contributed by atoms with van der Waals surface area (Å²) in [6.07, 6.45) is -0.0924. The Bertz CT molecular complexity index is 986. The van der Waals surface area contributed by atoms with Crippen LogP contribution in [0.2, 0.25) is 10.0 Å². The van der Waals surface area contributed by atoms with Crippen LogP contribution in [0.15, 0.2) is 72.8 Å². The Morgan fingerprint density at radius 3 is 2.33 bits per heavy atom. The minimum Gasteiger partial charge on any atom is -0.497 e. The van der Waals surface area contributed by atoms with E-state index in [2.05, 4.69) is 24.0 Å². The van der Waals surface area contributed by atoms with E-state index in [-0.39, 0.29) is 12.2 Å². The predicted molar refractivity (Wildman–Crippen MR) is 123 cm³/mol. The smallest absolute Gasteiger partial charge is 0.119 e. The van der Waals surface area contributed by atoms with Gasteiger partial charge in [-0.1, -0.05) is 65.7 Å². The van der Waals surface area contributed by atoms with Crippen LogP contribution in [0.3, 0.4) is 0 Å². The second kappa shape index (κ2) is 9.40. The van der Waals surface area contributed by atoms with Crippen molar-refractivity contribution in [1.29, 1.82) is 0 Å². The van der Waals surface area contributed by atoms with Crippen LogP contribution < -0.4 is 4.74 Å². The average Bonchev–Trinajstić information content (AvgIpc) is 2.74. The Morgan fingerprint density at radius 1 is 0.900 bits per heavy atom. The first kappa shape index (κ1) is 21.2. The number of likely N-dealkylation sites (tertiary alicyclic amines) is 1. The molecule has 1 unspecified atom stereocenters. The third kappa shape index (κ3) is 4.65. The lowest BCUT2D eigenvalue weighted by molar-refractivity contribution is -0.0938. The molecule has 0 N–H and O–H groups in total. The summed E-state index contributed by atoms with van der Waals surface area (Å²) in [6, 6.07) is 24.2. The molecule has 0 spiro atoms. The van der Waals surface area contributed by atoms with Gasteiger partial charge >= 0.3 is 0 Å². The number of nitrogens with zero attached hydrogens (tertiary/aromatic N) is 1. The number of benzene rings is 3. The van der Waals surface area contributed by atoms with Gasteiger partial charge in [-0.05, 0) is 48.4 Å². The Labute approximate surface area is 188 Å². The highest BCUT2D eigenvalue weighted by atomic mass is 35.5. The molecule has 1 heterocycles. The predicted octanol–water partition coefficient (Wildman–Crippen LogP) is 6.55. The fourth-order valence-electron chi connectivity index (χ4n) is 3.83. The topological polar surface area (TPSA) is 21.7 Å². The summed E-state index contributed by atoms with van der Waals surface area (Å²) in [5.74, 6) is 0.884. The lowest BCUT2D eigenvalue weighted by Gasteiger charge is -2.44. The van der Waals surface area contributed by atoms with Gasteiger partial charge in [0.05, 0.1) is 13.2 Å². The molecule has 1 saturated heterocycles. The molecule has 3 aromatic carbocycles. The van der Waals surface area contributed by atoms with E-state index in [9.17, 15) is 0 Å². The third-order valence-corrected chi connectivity index (χ3v) is 6.29. The highest BCUT2D eigenvalue weighted by Gasteiger charge is 2.34. The number of halogens is 2. The molecular formula is C25H25Cl2NO2. The maximum atomic E-state index is 6.55. The second-order valence-corrected chi connectivity index (χ2v) is 8.46. The molecule has 0 aromatic heterocycles. The van der Waals surface area contributed by atoms with Crippen molar-refractivity contribution in [2.24, 2.45) is 0 Å². The minimum atomic E-state index is -0.227. The number of hydrogen-bond donors (Lipinski definition) is 0. The van der Waals surface area contributed by atoms with Gasteiger partial charge in [0, 0.05) is 34.7 Å². The maximum Gasteiger partial charge on any atom is 0.119 e. The third-order valence-electron chi connectivity index (χ3n) is 5.69. The van der Waals surface area contributed by atoms with Crippen LogP contribution in [0.5, 0.6) is 5.75 Å². The van der Waals surface area contributed by atoms with Gasteiger partial charge in [0.1, 0.15) is 11.9 Å². The van der Waals surface area contributed by atoms with Gasteiger partial charge in [-0.25, -0.2) is 0 Å².